The second kappa shape index (κ2) is 6.71. The molecule has 1 fully saturated rings. The minimum atomic E-state index is 0.783. The molecule has 1 heterocycles. The van der Waals surface area contributed by atoms with Crippen molar-refractivity contribution in [2.75, 3.05) is 6.54 Å². The van der Waals surface area contributed by atoms with E-state index in [0.717, 1.165) is 34.4 Å². The van der Waals surface area contributed by atoms with Crippen molar-refractivity contribution in [1.29, 1.82) is 0 Å². The highest BCUT2D eigenvalue weighted by Gasteiger charge is 2.12. The summed E-state index contributed by atoms with van der Waals surface area (Å²) in [6.07, 6.45) is 4.76. The largest absolute Gasteiger partial charge is 0.258 e. The van der Waals surface area contributed by atoms with Crippen LogP contribution in [0.1, 0.15) is 32.6 Å². The Labute approximate surface area is 137 Å². The number of halogens is 1. The van der Waals surface area contributed by atoms with Gasteiger partial charge in [-0.1, -0.05) is 28.1 Å². The molecule has 5 heteroatoms. The molecule has 1 aromatic heterocycles. The molecule has 0 aliphatic heterocycles. The molecule has 1 saturated carbocycles. The molecule has 1 aliphatic rings. The van der Waals surface area contributed by atoms with E-state index in [2.05, 4.69) is 57.5 Å². The smallest absolute Gasteiger partial charge is 0.206 e. The zero-order valence-corrected chi connectivity index (χ0v) is 14.5. The first kappa shape index (κ1) is 14.7. The van der Waals surface area contributed by atoms with E-state index in [1.54, 1.807) is 11.3 Å². The van der Waals surface area contributed by atoms with Gasteiger partial charge in [-0.25, -0.2) is 4.68 Å². The predicted molar refractivity (Wildman–Crippen MR) is 92.9 cm³/mol. The van der Waals surface area contributed by atoms with Gasteiger partial charge in [0.25, 0.3) is 0 Å². The van der Waals surface area contributed by atoms with Gasteiger partial charge in [-0.05, 0) is 44.7 Å². The molecule has 3 rings (SSSR count). The molecule has 0 bridgehead atoms. The fourth-order valence-corrected chi connectivity index (χ4v) is 3.64. The molecule has 0 N–H and O–H groups in total. The van der Waals surface area contributed by atoms with Gasteiger partial charge in [0.1, 0.15) is 0 Å². The third-order valence-electron chi connectivity index (χ3n) is 3.54. The lowest BCUT2D eigenvalue weighted by Crippen LogP contribution is -2.14. The summed E-state index contributed by atoms with van der Waals surface area (Å²) in [5.41, 5.74) is 3.60. The zero-order chi connectivity index (χ0) is 14.7. The number of thiazole rings is 1. The van der Waals surface area contributed by atoms with Crippen LogP contribution in [0.3, 0.4) is 0 Å². The van der Waals surface area contributed by atoms with Crippen LogP contribution in [-0.2, 0) is 0 Å². The second-order valence-electron chi connectivity index (χ2n) is 5.07. The Morgan fingerprint density at radius 3 is 2.57 bits per heavy atom. The van der Waals surface area contributed by atoms with E-state index in [9.17, 15) is 0 Å². The van der Waals surface area contributed by atoms with Gasteiger partial charge < -0.3 is 0 Å². The van der Waals surface area contributed by atoms with E-state index in [4.69, 9.17) is 5.10 Å². The lowest BCUT2D eigenvalue weighted by atomic mass is 10.2. The summed E-state index contributed by atoms with van der Waals surface area (Å²) in [6.45, 7) is 2.84. The fraction of sp³-hybridized carbons (Fsp3) is 0.375. The fourth-order valence-electron chi connectivity index (χ4n) is 2.48. The van der Waals surface area contributed by atoms with Crippen molar-refractivity contribution in [3.8, 4) is 11.3 Å². The second-order valence-corrected chi connectivity index (χ2v) is 6.82. The van der Waals surface area contributed by atoms with Crippen LogP contribution in [0.25, 0.3) is 11.3 Å². The van der Waals surface area contributed by atoms with Gasteiger partial charge in [0.2, 0.25) is 4.80 Å². The summed E-state index contributed by atoms with van der Waals surface area (Å²) in [4.78, 5) is 5.56. The maximum atomic E-state index is 4.87. The quantitative estimate of drug-likeness (QED) is 0.757. The highest BCUT2D eigenvalue weighted by atomic mass is 79.9. The first-order valence-electron chi connectivity index (χ1n) is 7.31. The molecule has 0 amide bonds. The van der Waals surface area contributed by atoms with E-state index in [1.807, 2.05) is 4.68 Å². The first-order valence-corrected chi connectivity index (χ1v) is 8.99. The van der Waals surface area contributed by atoms with Crippen molar-refractivity contribution in [2.45, 2.75) is 32.6 Å². The number of aromatic nitrogens is 1. The van der Waals surface area contributed by atoms with Crippen LogP contribution in [-0.4, -0.2) is 16.9 Å². The highest BCUT2D eigenvalue weighted by Crippen LogP contribution is 2.23. The average Bonchev–Trinajstić information content (AvgIpc) is 3.12. The predicted octanol–water partition coefficient (Wildman–Crippen LogP) is 4.68. The normalized spacial score (nSPS) is 15.7. The van der Waals surface area contributed by atoms with Crippen LogP contribution in [0.15, 0.2) is 44.2 Å². The molecule has 0 unspecified atom stereocenters. The van der Waals surface area contributed by atoms with Crippen LogP contribution >= 0.6 is 27.3 Å². The van der Waals surface area contributed by atoms with Gasteiger partial charge in [0.05, 0.1) is 5.69 Å². The molecule has 0 atom stereocenters. The zero-order valence-electron chi connectivity index (χ0n) is 12.1. The molecule has 2 aromatic rings. The van der Waals surface area contributed by atoms with Crippen LogP contribution in [0.5, 0.6) is 0 Å². The summed E-state index contributed by atoms with van der Waals surface area (Å²) in [7, 11) is 0. The first-order chi connectivity index (χ1) is 10.3. The van der Waals surface area contributed by atoms with Crippen LogP contribution in [0.2, 0.25) is 0 Å². The van der Waals surface area contributed by atoms with Gasteiger partial charge in [-0.3, -0.25) is 4.99 Å². The van der Waals surface area contributed by atoms with E-state index in [0.29, 0.717) is 0 Å². The molecule has 0 spiro atoms. The van der Waals surface area contributed by atoms with Crippen molar-refractivity contribution in [1.82, 2.24) is 4.68 Å². The lowest BCUT2D eigenvalue weighted by Gasteiger charge is -2.05. The van der Waals surface area contributed by atoms with Gasteiger partial charge in [-0.15, -0.1) is 11.3 Å². The minimum absolute atomic E-state index is 0.783. The maximum Gasteiger partial charge on any atom is 0.206 e. The average molecular weight is 364 g/mol. The Hall–Kier alpha value is -1.20. The van der Waals surface area contributed by atoms with Gasteiger partial charge >= 0.3 is 0 Å². The molecule has 1 aliphatic carbocycles. The molecule has 21 heavy (non-hydrogen) atoms. The summed E-state index contributed by atoms with van der Waals surface area (Å²) in [5.74, 6) is 0. The topological polar surface area (TPSA) is 29.6 Å². The molecule has 1 aromatic carbocycles. The standard InChI is InChI=1S/C16H18BrN3S/c1-2-18-16-20(19-14-5-3-4-6-14)15(11-21-16)12-7-9-13(17)10-8-12/h7-11H,2-6H2,1H3. The van der Waals surface area contributed by atoms with Crippen molar-refractivity contribution < 1.29 is 0 Å². The van der Waals surface area contributed by atoms with E-state index >= 15 is 0 Å². The van der Waals surface area contributed by atoms with Crippen LogP contribution < -0.4 is 4.80 Å². The Morgan fingerprint density at radius 1 is 1.19 bits per heavy atom. The van der Waals surface area contributed by atoms with E-state index in [-0.39, 0.29) is 0 Å². The summed E-state index contributed by atoms with van der Waals surface area (Å²) < 4.78 is 3.12. The van der Waals surface area contributed by atoms with Crippen molar-refractivity contribution in [3.63, 3.8) is 0 Å². The molecule has 0 saturated heterocycles. The Kier molecular flexibility index (Phi) is 4.70. The van der Waals surface area contributed by atoms with Gasteiger partial charge in [0.15, 0.2) is 0 Å². The monoisotopic (exact) mass is 363 g/mol. The molecule has 3 nitrogen and oxygen atoms in total. The molecule has 110 valence electrons. The van der Waals surface area contributed by atoms with E-state index in [1.165, 1.54) is 24.1 Å². The number of benzene rings is 1. The lowest BCUT2D eigenvalue weighted by molar-refractivity contribution is 0.821. The number of nitrogens with zero attached hydrogens (tertiary/aromatic N) is 3. The summed E-state index contributed by atoms with van der Waals surface area (Å²) >= 11 is 5.15. The third-order valence-corrected chi connectivity index (χ3v) is 4.92. The van der Waals surface area contributed by atoms with Crippen molar-refractivity contribution in [3.05, 3.63) is 38.9 Å². The minimum Gasteiger partial charge on any atom is -0.258 e. The summed E-state index contributed by atoms with van der Waals surface area (Å²) in [5, 5.41) is 7.02. The molecule has 0 radical (unpaired) electrons. The third kappa shape index (κ3) is 3.35. The van der Waals surface area contributed by atoms with Crippen LogP contribution in [0, 0.1) is 0 Å². The number of hydrogen-bond acceptors (Lipinski definition) is 3. The molecular weight excluding hydrogens is 346 g/mol. The van der Waals surface area contributed by atoms with Crippen molar-refractivity contribution in [2.24, 2.45) is 10.1 Å². The van der Waals surface area contributed by atoms with Gasteiger partial charge in [-0.2, -0.15) is 5.10 Å². The molecular formula is C16H18BrN3S. The maximum absolute atomic E-state index is 4.87. The Balaban J connectivity index is 2.10. The summed E-state index contributed by atoms with van der Waals surface area (Å²) in [6, 6.07) is 8.37. The highest BCUT2D eigenvalue weighted by molar-refractivity contribution is 9.10. The number of hydrogen-bond donors (Lipinski definition) is 0. The Morgan fingerprint density at radius 2 is 1.90 bits per heavy atom. The van der Waals surface area contributed by atoms with E-state index < -0.39 is 0 Å². The van der Waals surface area contributed by atoms with Crippen LogP contribution in [0.4, 0.5) is 0 Å². The van der Waals surface area contributed by atoms with Gasteiger partial charge in [0, 0.05) is 27.7 Å². The SMILES string of the molecule is CCN=c1scc(-c2ccc(Br)cc2)n1N=C1CCCC1. The Bertz CT molecular complexity index is 702. The number of rotatable bonds is 3. The van der Waals surface area contributed by atoms with Crippen molar-refractivity contribution >= 4 is 33.0 Å².